The molecule has 0 saturated heterocycles. The van der Waals surface area contributed by atoms with Gasteiger partial charge < -0.3 is 5.32 Å². The fourth-order valence-electron chi connectivity index (χ4n) is 2.06. The Morgan fingerprint density at radius 3 is 2.94 bits per heavy atom. The number of para-hydroxylation sites is 1. The van der Waals surface area contributed by atoms with Crippen LogP contribution in [0.4, 0.5) is 0 Å². The van der Waals surface area contributed by atoms with Crippen molar-refractivity contribution in [2.45, 2.75) is 32.4 Å². The summed E-state index contributed by atoms with van der Waals surface area (Å²) in [5.74, 6) is 0. The number of aromatic nitrogens is 2. The predicted molar refractivity (Wildman–Crippen MR) is 67.5 cm³/mol. The van der Waals surface area contributed by atoms with Crippen LogP contribution in [0.25, 0.3) is 10.9 Å². The van der Waals surface area contributed by atoms with Crippen molar-refractivity contribution >= 4 is 10.9 Å². The van der Waals surface area contributed by atoms with Crippen LogP contribution in [0.1, 0.15) is 19.8 Å². The maximum absolute atomic E-state index is 4.44. The highest BCUT2D eigenvalue weighted by Crippen LogP contribution is 2.13. The first-order valence-corrected chi connectivity index (χ1v) is 5.93. The van der Waals surface area contributed by atoms with Gasteiger partial charge in [0.05, 0.1) is 18.3 Å². The van der Waals surface area contributed by atoms with E-state index in [4.69, 9.17) is 0 Å². The highest BCUT2D eigenvalue weighted by atomic mass is 15.3. The summed E-state index contributed by atoms with van der Waals surface area (Å²) >= 11 is 0. The molecule has 86 valence electrons. The number of nitrogens with zero attached hydrogens (tertiary/aromatic N) is 2. The maximum atomic E-state index is 4.44. The summed E-state index contributed by atoms with van der Waals surface area (Å²) in [6.07, 6.45) is 4.32. The summed E-state index contributed by atoms with van der Waals surface area (Å²) < 4.78 is 2.09. The first-order valence-electron chi connectivity index (χ1n) is 5.93. The number of fused-ring (bicyclic) bond motifs is 1. The van der Waals surface area contributed by atoms with Crippen LogP contribution in [0, 0.1) is 0 Å². The van der Waals surface area contributed by atoms with Gasteiger partial charge in [-0.25, -0.2) is 0 Å². The van der Waals surface area contributed by atoms with Gasteiger partial charge in [-0.1, -0.05) is 31.5 Å². The lowest BCUT2D eigenvalue weighted by molar-refractivity contribution is 0.433. The van der Waals surface area contributed by atoms with E-state index < -0.39 is 0 Å². The van der Waals surface area contributed by atoms with Crippen LogP contribution in [-0.4, -0.2) is 22.9 Å². The summed E-state index contributed by atoms with van der Waals surface area (Å²) in [6, 6.07) is 8.85. The van der Waals surface area contributed by atoms with E-state index in [9.17, 15) is 0 Å². The number of rotatable bonds is 5. The summed E-state index contributed by atoms with van der Waals surface area (Å²) in [7, 11) is 2.02. The van der Waals surface area contributed by atoms with Crippen molar-refractivity contribution in [2.75, 3.05) is 7.05 Å². The van der Waals surface area contributed by atoms with Crippen molar-refractivity contribution in [2.24, 2.45) is 0 Å². The Morgan fingerprint density at radius 2 is 2.19 bits per heavy atom. The molecule has 2 rings (SSSR count). The number of hydrogen-bond acceptors (Lipinski definition) is 2. The molecule has 1 N–H and O–H groups in total. The van der Waals surface area contributed by atoms with Gasteiger partial charge >= 0.3 is 0 Å². The lowest BCUT2D eigenvalue weighted by Gasteiger charge is -2.15. The first kappa shape index (κ1) is 11.1. The van der Waals surface area contributed by atoms with Crippen molar-refractivity contribution < 1.29 is 0 Å². The minimum Gasteiger partial charge on any atom is -0.315 e. The van der Waals surface area contributed by atoms with Gasteiger partial charge in [-0.05, 0) is 19.5 Å². The van der Waals surface area contributed by atoms with Gasteiger partial charge in [0.25, 0.3) is 0 Å². The second-order valence-electron chi connectivity index (χ2n) is 4.16. The Bertz CT molecular complexity index is 447. The van der Waals surface area contributed by atoms with Gasteiger partial charge in [0.1, 0.15) is 0 Å². The zero-order valence-electron chi connectivity index (χ0n) is 9.98. The Morgan fingerprint density at radius 1 is 1.38 bits per heavy atom. The third kappa shape index (κ3) is 2.25. The van der Waals surface area contributed by atoms with Crippen molar-refractivity contribution in [3.05, 3.63) is 30.5 Å². The maximum Gasteiger partial charge on any atom is 0.0683 e. The van der Waals surface area contributed by atoms with E-state index in [1.807, 2.05) is 13.2 Å². The lowest BCUT2D eigenvalue weighted by atomic mass is 10.1. The second kappa shape index (κ2) is 5.12. The van der Waals surface area contributed by atoms with E-state index in [-0.39, 0.29) is 0 Å². The van der Waals surface area contributed by atoms with Gasteiger partial charge in [0, 0.05) is 11.4 Å². The van der Waals surface area contributed by atoms with Gasteiger partial charge in [-0.3, -0.25) is 4.68 Å². The predicted octanol–water partition coefficient (Wildman–Crippen LogP) is 2.42. The Labute approximate surface area is 96.5 Å². The quantitative estimate of drug-likeness (QED) is 0.833. The molecule has 0 radical (unpaired) electrons. The molecule has 0 spiro atoms. The Kier molecular flexibility index (Phi) is 3.57. The number of benzene rings is 1. The molecule has 0 bridgehead atoms. The van der Waals surface area contributed by atoms with E-state index in [1.165, 1.54) is 23.7 Å². The van der Waals surface area contributed by atoms with Crippen LogP contribution in [0.5, 0.6) is 0 Å². The first-order chi connectivity index (χ1) is 7.85. The van der Waals surface area contributed by atoms with E-state index in [2.05, 4.69) is 46.3 Å². The van der Waals surface area contributed by atoms with E-state index in [0.717, 1.165) is 6.54 Å². The molecule has 3 nitrogen and oxygen atoms in total. The molecule has 1 atom stereocenters. The molecule has 1 aromatic carbocycles. The molecule has 1 aromatic heterocycles. The summed E-state index contributed by atoms with van der Waals surface area (Å²) in [5, 5.41) is 9.00. The standard InChI is InChI=1S/C13H19N3/c1-3-6-12(14-2)10-16-13-8-5-4-7-11(13)9-15-16/h4-5,7-9,12,14H,3,6,10H2,1-2H3. The van der Waals surface area contributed by atoms with Crippen LogP contribution in [0.2, 0.25) is 0 Å². The van der Waals surface area contributed by atoms with Crippen molar-refractivity contribution in [3.63, 3.8) is 0 Å². The molecule has 0 saturated carbocycles. The van der Waals surface area contributed by atoms with Crippen molar-refractivity contribution in [1.29, 1.82) is 0 Å². The highest BCUT2D eigenvalue weighted by Gasteiger charge is 2.08. The molecule has 0 aliphatic heterocycles. The van der Waals surface area contributed by atoms with Crippen LogP contribution >= 0.6 is 0 Å². The number of likely N-dealkylation sites (N-methyl/N-ethyl adjacent to an activating group) is 1. The third-order valence-electron chi connectivity index (χ3n) is 2.99. The SMILES string of the molecule is CCCC(Cn1ncc2ccccc21)NC. The minimum absolute atomic E-state index is 0.508. The van der Waals surface area contributed by atoms with E-state index in [1.54, 1.807) is 0 Å². The molecule has 0 fully saturated rings. The minimum atomic E-state index is 0.508. The molecule has 0 amide bonds. The van der Waals surface area contributed by atoms with Crippen LogP contribution < -0.4 is 5.32 Å². The number of nitrogens with one attached hydrogen (secondary N) is 1. The summed E-state index contributed by atoms with van der Waals surface area (Å²) in [5.41, 5.74) is 1.22. The smallest absolute Gasteiger partial charge is 0.0683 e. The average Bonchev–Trinajstić information content (AvgIpc) is 2.72. The van der Waals surface area contributed by atoms with Crippen LogP contribution in [0.15, 0.2) is 30.5 Å². The molecule has 16 heavy (non-hydrogen) atoms. The van der Waals surface area contributed by atoms with E-state index >= 15 is 0 Å². The number of hydrogen-bond donors (Lipinski definition) is 1. The van der Waals surface area contributed by atoms with Crippen LogP contribution in [0.3, 0.4) is 0 Å². The van der Waals surface area contributed by atoms with Gasteiger partial charge in [0.15, 0.2) is 0 Å². The lowest BCUT2D eigenvalue weighted by Crippen LogP contribution is -2.30. The fraction of sp³-hybridized carbons (Fsp3) is 0.462. The van der Waals surface area contributed by atoms with Crippen molar-refractivity contribution in [3.8, 4) is 0 Å². The molecule has 1 heterocycles. The fourth-order valence-corrected chi connectivity index (χ4v) is 2.06. The molecular formula is C13H19N3. The molecule has 0 aliphatic carbocycles. The van der Waals surface area contributed by atoms with Crippen molar-refractivity contribution in [1.82, 2.24) is 15.1 Å². The third-order valence-corrected chi connectivity index (χ3v) is 2.99. The average molecular weight is 217 g/mol. The Balaban J connectivity index is 2.20. The summed E-state index contributed by atoms with van der Waals surface area (Å²) in [4.78, 5) is 0. The van der Waals surface area contributed by atoms with Gasteiger partial charge in [-0.15, -0.1) is 0 Å². The Hall–Kier alpha value is -1.35. The zero-order chi connectivity index (χ0) is 11.4. The largest absolute Gasteiger partial charge is 0.315 e. The molecular weight excluding hydrogens is 198 g/mol. The summed E-state index contributed by atoms with van der Waals surface area (Å²) in [6.45, 7) is 3.16. The highest BCUT2D eigenvalue weighted by molar-refractivity contribution is 5.78. The van der Waals surface area contributed by atoms with Crippen LogP contribution in [-0.2, 0) is 6.54 Å². The molecule has 3 heteroatoms. The second-order valence-corrected chi connectivity index (χ2v) is 4.16. The molecule has 0 aliphatic rings. The monoisotopic (exact) mass is 217 g/mol. The zero-order valence-corrected chi connectivity index (χ0v) is 9.98. The molecule has 2 aromatic rings. The normalized spacial score (nSPS) is 13.1. The van der Waals surface area contributed by atoms with Gasteiger partial charge in [0.2, 0.25) is 0 Å². The van der Waals surface area contributed by atoms with Gasteiger partial charge in [-0.2, -0.15) is 5.10 Å². The van der Waals surface area contributed by atoms with E-state index in [0.29, 0.717) is 6.04 Å². The topological polar surface area (TPSA) is 29.9 Å². The molecule has 1 unspecified atom stereocenters.